The molecule has 1 rings (SSSR count). The first kappa shape index (κ1) is 11.5. The third-order valence-electron chi connectivity index (χ3n) is 2.99. The largest absolute Gasteiger partial charge is 0.213 e. The Morgan fingerprint density at radius 1 is 1.43 bits per heavy atom. The van der Waals surface area contributed by atoms with Gasteiger partial charge in [0.1, 0.15) is 0 Å². The lowest BCUT2D eigenvalue weighted by Gasteiger charge is -2.47. The van der Waals surface area contributed by atoms with Gasteiger partial charge in [0, 0.05) is 24.9 Å². The van der Waals surface area contributed by atoms with Crippen molar-refractivity contribution in [1.29, 1.82) is 5.26 Å². The van der Waals surface area contributed by atoms with Gasteiger partial charge in [0.05, 0.1) is 11.8 Å². The lowest BCUT2D eigenvalue weighted by molar-refractivity contribution is 0.0707. The Labute approximate surface area is 85.6 Å². The van der Waals surface area contributed by atoms with Crippen LogP contribution in [0.1, 0.15) is 26.7 Å². The second-order valence-electron chi connectivity index (χ2n) is 3.86. The van der Waals surface area contributed by atoms with E-state index in [-0.39, 0.29) is 11.2 Å². The number of nitriles is 1. The molecule has 0 bridgehead atoms. The highest BCUT2D eigenvalue weighted by atomic mass is 32.2. The smallest absolute Gasteiger partial charge is 0.212 e. The predicted octanol–water partition coefficient (Wildman–Crippen LogP) is 0.962. The highest BCUT2D eigenvalue weighted by molar-refractivity contribution is 7.89. The maximum absolute atomic E-state index is 11.4. The summed E-state index contributed by atoms with van der Waals surface area (Å²) in [5, 5.41) is 8.63. The molecule has 0 aromatic heterocycles. The van der Waals surface area contributed by atoms with Crippen molar-refractivity contribution in [3.63, 3.8) is 0 Å². The molecular formula is C9H16N2O2S. The lowest BCUT2D eigenvalue weighted by Crippen LogP contribution is -2.58. The van der Waals surface area contributed by atoms with E-state index >= 15 is 0 Å². The molecule has 0 saturated carbocycles. The normalized spacial score (nSPS) is 21.2. The Balaban J connectivity index is 2.62. The van der Waals surface area contributed by atoms with Gasteiger partial charge in [0.25, 0.3) is 0 Å². The third-order valence-corrected chi connectivity index (χ3v) is 4.76. The van der Waals surface area contributed by atoms with Crippen LogP contribution in [0, 0.1) is 16.7 Å². The van der Waals surface area contributed by atoms with Crippen LogP contribution in [0.2, 0.25) is 0 Å². The van der Waals surface area contributed by atoms with Crippen molar-refractivity contribution < 1.29 is 8.42 Å². The van der Waals surface area contributed by atoms with Crippen molar-refractivity contribution in [2.24, 2.45) is 5.41 Å². The van der Waals surface area contributed by atoms with Gasteiger partial charge in [-0.25, -0.2) is 12.7 Å². The zero-order valence-corrected chi connectivity index (χ0v) is 9.47. The van der Waals surface area contributed by atoms with E-state index in [0.29, 0.717) is 19.5 Å². The molecule has 0 aliphatic carbocycles. The third kappa shape index (κ3) is 1.91. The first-order valence-corrected chi connectivity index (χ1v) is 6.45. The van der Waals surface area contributed by atoms with E-state index in [1.807, 2.05) is 6.92 Å². The molecule has 0 aromatic rings. The maximum Gasteiger partial charge on any atom is 0.213 e. The zero-order chi connectivity index (χ0) is 10.8. The average molecular weight is 216 g/mol. The lowest BCUT2D eigenvalue weighted by atomic mass is 9.77. The summed E-state index contributed by atoms with van der Waals surface area (Å²) in [5.74, 6) is 0.152. The Kier molecular flexibility index (Phi) is 3.17. The maximum atomic E-state index is 11.4. The van der Waals surface area contributed by atoms with E-state index < -0.39 is 10.0 Å². The van der Waals surface area contributed by atoms with Gasteiger partial charge in [-0.1, -0.05) is 6.92 Å². The molecule has 1 heterocycles. The van der Waals surface area contributed by atoms with Crippen LogP contribution in [0.15, 0.2) is 0 Å². The van der Waals surface area contributed by atoms with E-state index in [9.17, 15) is 8.42 Å². The molecule has 4 nitrogen and oxygen atoms in total. The monoisotopic (exact) mass is 216 g/mol. The second-order valence-corrected chi connectivity index (χ2v) is 6.11. The Hall–Kier alpha value is -0.600. The van der Waals surface area contributed by atoms with Crippen LogP contribution < -0.4 is 0 Å². The van der Waals surface area contributed by atoms with Crippen molar-refractivity contribution in [2.75, 3.05) is 18.8 Å². The molecule has 1 aliphatic rings. The molecule has 0 atom stereocenters. The summed E-state index contributed by atoms with van der Waals surface area (Å²) in [6.45, 7) is 4.69. The molecular weight excluding hydrogens is 200 g/mol. The summed E-state index contributed by atoms with van der Waals surface area (Å²) >= 11 is 0. The fourth-order valence-corrected chi connectivity index (χ4v) is 3.02. The van der Waals surface area contributed by atoms with Crippen LogP contribution in [0.4, 0.5) is 0 Å². The highest BCUT2D eigenvalue weighted by Crippen LogP contribution is 2.38. The number of hydrogen-bond donors (Lipinski definition) is 0. The van der Waals surface area contributed by atoms with Gasteiger partial charge in [-0.15, -0.1) is 0 Å². The summed E-state index contributed by atoms with van der Waals surface area (Å²) in [7, 11) is -3.04. The minimum atomic E-state index is -3.04. The summed E-state index contributed by atoms with van der Waals surface area (Å²) in [6.07, 6.45) is 1.33. The number of hydrogen-bond acceptors (Lipinski definition) is 3. The molecule has 80 valence electrons. The number of sulfonamides is 1. The van der Waals surface area contributed by atoms with Crippen LogP contribution >= 0.6 is 0 Å². The second kappa shape index (κ2) is 3.87. The van der Waals surface area contributed by atoms with E-state index in [1.165, 1.54) is 4.31 Å². The van der Waals surface area contributed by atoms with Gasteiger partial charge in [-0.05, 0) is 13.3 Å². The van der Waals surface area contributed by atoms with Crippen LogP contribution in [0.5, 0.6) is 0 Å². The SMILES string of the molecule is CCC1(CC#N)CN(S(=O)(=O)CC)C1. The Bertz CT molecular complexity index is 336. The van der Waals surface area contributed by atoms with Crippen molar-refractivity contribution in [3.8, 4) is 6.07 Å². The Morgan fingerprint density at radius 3 is 2.36 bits per heavy atom. The van der Waals surface area contributed by atoms with Crippen LogP contribution in [0.25, 0.3) is 0 Å². The summed E-state index contributed by atoms with van der Waals surface area (Å²) < 4.78 is 24.3. The van der Waals surface area contributed by atoms with E-state index in [0.717, 1.165) is 6.42 Å². The molecule has 0 amide bonds. The van der Waals surface area contributed by atoms with Crippen LogP contribution in [0.3, 0.4) is 0 Å². The summed E-state index contributed by atoms with van der Waals surface area (Å²) in [6, 6.07) is 2.13. The molecule has 1 fully saturated rings. The van der Waals surface area contributed by atoms with E-state index in [2.05, 4.69) is 6.07 Å². The Morgan fingerprint density at radius 2 is 2.00 bits per heavy atom. The molecule has 0 spiro atoms. The topological polar surface area (TPSA) is 61.2 Å². The van der Waals surface area contributed by atoms with Crippen LogP contribution in [-0.4, -0.2) is 31.6 Å². The number of nitrogens with zero attached hydrogens (tertiary/aromatic N) is 2. The van der Waals surface area contributed by atoms with Crippen molar-refractivity contribution in [1.82, 2.24) is 4.31 Å². The summed E-state index contributed by atoms with van der Waals surface area (Å²) in [4.78, 5) is 0. The standard InChI is InChI=1S/C9H16N2O2S/c1-3-9(5-6-10)7-11(8-9)14(12,13)4-2/h3-5,7-8H2,1-2H3. The van der Waals surface area contributed by atoms with Gasteiger partial charge in [-0.3, -0.25) is 0 Å². The fraction of sp³-hybridized carbons (Fsp3) is 0.889. The zero-order valence-electron chi connectivity index (χ0n) is 8.65. The average Bonchev–Trinajstić information content (AvgIpc) is 2.10. The summed E-state index contributed by atoms with van der Waals surface area (Å²) in [5.41, 5.74) is -0.0724. The predicted molar refractivity (Wildman–Crippen MR) is 54.0 cm³/mol. The van der Waals surface area contributed by atoms with E-state index in [1.54, 1.807) is 6.92 Å². The number of rotatable bonds is 4. The molecule has 0 aromatic carbocycles. The van der Waals surface area contributed by atoms with Gasteiger partial charge in [0.2, 0.25) is 10.0 Å². The molecule has 0 unspecified atom stereocenters. The van der Waals surface area contributed by atoms with Crippen molar-refractivity contribution in [3.05, 3.63) is 0 Å². The minimum Gasteiger partial charge on any atom is -0.212 e. The molecule has 14 heavy (non-hydrogen) atoms. The first-order valence-electron chi connectivity index (χ1n) is 4.84. The highest BCUT2D eigenvalue weighted by Gasteiger charge is 2.45. The van der Waals surface area contributed by atoms with Gasteiger partial charge in [-0.2, -0.15) is 5.26 Å². The molecule has 1 aliphatic heterocycles. The quantitative estimate of drug-likeness (QED) is 0.703. The molecule has 1 saturated heterocycles. The molecule has 5 heteroatoms. The van der Waals surface area contributed by atoms with E-state index in [4.69, 9.17) is 5.26 Å². The first-order chi connectivity index (χ1) is 6.49. The van der Waals surface area contributed by atoms with Crippen LogP contribution in [-0.2, 0) is 10.0 Å². The van der Waals surface area contributed by atoms with Gasteiger partial charge >= 0.3 is 0 Å². The van der Waals surface area contributed by atoms with Crippen molar-refractivity contribution in [2.45, 2.75) is 26.7 Å². The van der Waals surface area contributed by atoms with Gasteiger partial charge in [0.15, 0.2) is 0 Å². The van der Waals surface area contributed by atoms with Crippen molar-refractivity contribution >= 4 is 10.0 Å². The van der Waals surface area contributed by atoms with Gasteiger partial charge < -0.3 is 0 Å². The fourth-order valence-electron chi connectivity index (χ4n) is 1.71. The minimum absolute atomic E-state index is 0.0724. The molecule has 0 N–H and O–H groups in total. The molecule has 0 radical (unpaired) electrons.